The van der Waals surface area contributed by atoms with Crippen molar-refractivity contribution in [3.05, 3.63) is 152 Å². The summed E-state index contributed by atoms with van der Waals surface area (Å²) < 4.78 is 0. The van der Waals surface area contributed by atoms with Gasteiger partial charge in [-0.1, -0.05) is 95.1 Å². The minimum atomic E-state index is 1.31. The summed E-state index contributed by atoms with van der Waals surface area (Å²) in [4.78, 5) is 0. The van der Waals surface area contributed by atoms with Gasteiger partial charge in [-0.15, -0.1) is 0 Å². The zero-order valence-corrected chi connectivity index (χ0v) is 33.1. The third kappa shape index (κ3) is 5.18. The van der Waals surface area contributed by atoms with E-state index in [1.807, 2.05) is 0 Å². The van der Waals surface area contributed by atoms with Crippen LogP contribution in [0, 0.1) is 83.1 Å². The van der Waals surface area contributed by atoms with E-state index in [2.05, 4.69) is 168 Å². The first-order chi connectivity index (χ1) is 24.7. The predicted octanol–water partition coefficient (Wildman–Crippen LogP) is 15.0. The van der Waals surface area contributed by atoms with Crippen LogP contribution >= 0.6 is 0 Å². The Morgan fingerprint density at radius 3 is 0.577 bits per heavy atom. The van der Waals surface area contributed by atoms with Crippen molar-refractivity contribution in [3.63, 3.8) is 0 Å². The maximum absolute atomic E-state index is 2.52. The van der Waals surface area contributed by atoms with Crippen LogP contribution in [0.3, 0.4) is 0 Å². The highest BCUT2D eigenvalue weighted by molar-refractivity contribution is 6.32. The molecular formula is C52H50. The largest absolute Gasteiger partial charge is 0.0557 e. The molecule has 0 saturated carbocycles. The molecule has 0 atom stereocenters. The molecule has 0 unspecified atom stereocenters. The summed E-state index contributed by atoms with van der Waals surface area (Å²) in [7, 11) is 0. The minimum absolute atomic E-state index is 1.31. The lowest BCUT2D eigenvalue weighted by Gasteiger charge is -2.25. The van der Waals surface area contributed by atoms with Gasteiger partial charge in [-0.25, -0.2) is 0 Å². The molecule has 0 saturated heterocycles. The minimum Gasteiger partial charge on any atom is -0.0557 e. The van der Waals surface area contributed by atoms with Gasteiger partial charge in [0.15, 0.2) is 0 Å². The molecule has 8 rings (SSSR count). The highest BCUT2D eigenvalue weighted by Crippen LogP contribution is 2.51. The number of hydrogen-bond donors (Lipinski definition) is 0. The summed E-state index contributed by atoms with van der Waals surface area (Å²) in [5.74, 6) is 0. The van der Waals surface area contributed by atoms with Crippen LogP contribution in [-0.2, 0) is 0 Å². The van der Waals surface area contributed by atoms with Gasteiger partial charge in [0.2, 0.25) is 0 Å². The Morgan fingerprint density at radius 2 is 0.404 bits per heavy atom. The van der Waals surface area contributed by atoms with Crippen LogP contribution in [0.15, 0.2) is 84.9 Å². The summed E-state index contributed by atoms with van der Waals surface area (Å²) in [5, 5.41) is 8.04. The lowest BCUT2D eigenvalue weighted by molar-refractivity contribution is 1.31. The summed E-state index contributed by atoms with van der Waals surface area (Å²) in [6, 6.07) is 33.6. The van der Waals surface area contributed by atoms with Crippen LogP contribution in [0.4, 0.5) is 0 Å². The molecule has 8 aromatic rings. The first-order valence-electron chi connectivity index (χ1n) is 18.8. The van der Waals surface area contributed by atoms with E-state index in [0.717, 1.165) is 0 Å². The van der Waals surface area contributed by atoms with Crippen molar-refractivity contribution in [2.45, 2.75) is 83.1 Å². The van der Waals surface area contributed by atoms with E-state index in [-0.39, 0.29) is 0 Å². The third-order valence-electron chi connectivity index (χ3n) is 11.7. The van der Waals surface area contributed by atoms with Gasteiger partial charge < -0.3 is 0 Å². The molecule has 258 valence electrons. The molecule has 0 heteroatoms. The fourth-order valence-electron chi connectivity index (χ4n) is 10.2. The maximum atomic E-state index is 2.52. The van der Waals surface area contributed by atoms with E-state index in [4.69, 9.17) is 0 Å². The Labute approximate surface area is 310 Å². The van der Waals surface area contributed by atoms with Gasteiger partial charge >= 0.3 is 0 Å². The standard InChI is InChI=1S/C52H50/c1-27-17-31(5)47(32(6)18-27)43-25-44(48-33(7)19-28(2)20-34(48)8)40-15-16-42-46(50-37(11)23-30(4)24-38(50)12)26-45(41-14-13-39(43)51(40)52(41)42)49-35(9)21-29(3)22-36(49)10/h13-26H,1-12H3. The Hall–Kier alpha value is -5.20. The predicted molar refractivity (Wildman–Crippen MR) is 229 cm³/mol. The van der Waals surface area contributed by atoms with E-state index in [1.165, 1.54) is 144 Å². The van der Waals surface area contributed by atoms with Crippen LogP contribution in [0.1, 0.15) is 66.8 Å². The zero-order chi connectivity index (χ0) is 36.9. The Balaban J connectivity index is 1.65. The monoisotopic (exact) mass is 674 g/mol. The maximum Gasteiger partial charge on any atom is -0.00139 e. The van der Waals surface area contributed by atoms with Crippen molar-refractivity contribution in [1.82, 2.24) is 0 Å². The average molecular weight is 675 g/mol. The molecule has 0 radical (unpaired) electrons. The van der Waals surface area contributed by atoms with Gasteiger partial charge in [-0.3, -0.25) is 0 Å². The molecule has 0 aliphatic rings. The number of benzene rings is 8. The van der Waals surface area contributed by atoms with Gasteiger partial charge in [0.25, 0.3) is 0 Å². The molecule has 52 heavy (non-hydrogen) atoms. The molecule has 0 aliphatic carbocycles. The Kier molecular flexibility index (Phi) is 7.96. The SMILES string of the molecule is Cc1cc(C)c(-c2cc(-c3c(C)cc(C)cc3C)c3ccc4c(-c5c(C)cc(C)cc5C)cc(-c5c(C)cc(C)cc5C)c5ccc2c3c54)c(C)c1. The summed E-state index contributed by atoms with van der Waals surface area (Å²) in [5.41, 5.74) is 26.6. The topological polar surface area (TPSA) is 0 Å². The van der Waals surface area contributed by atoms with Crippen LogP contribution < -0.4 is 0 Å². The van der Waals surface area contributed by atoms with E-state index in [9.17, 15) is 0 Å². The summed E-state index contributed by atoms with van der Waals surface area (Å²) in [6.45, 7) is 27.2. The normalized spacial score (nSPS) is 11.8. The Morgan fingerprint density at radius 1 is 0.231 bits per heavy atom. The molecule has 0 bridgehead atoms. The van der Waals surface area contributed by atoms with Crippen molar-refractivity contribution in [2.75, 3.05) is 0 Å². The van der Waals surface area contributed by atoms with Gasteiger partial charge in [0.1, 0.15) is 0 Å². The highest BCUT2D eigenvalue weighted by Gasteiger charge is 2.24. The zero-order valence-electron chi connectivity index (χ0n) is 33.1. The highest BCUT2D eigenvalue weighted by atomic mass is 14.3. The van der Waals surface area contributed by atoms with E-state index in [1.54, 1.807) is 0 Å². The van der Waals surface area contributed by atoms with Gasteiger partial charge in [0, 0.05) is 0 Å². The molecule has 0 fully saturated rings. The van der Waals surface area contributed by atoms with E-state index >= 15 is 0 Å². The van der Waals surface area contributed by atoms with E-state index in [0.29, 0.717) is 0 Å². The summed E-state index contributed by atoms with van der Waals surface area (Å²) >= 11 is 0. The first-order valence-corrected chi connectivity index (χ1v) is 18.8. The second-order valence-electron chi connectivity index (χ2n) is 16.1. The molecule has 0 amide bonds. The lowest BCUT2D eigenvalue weighted by Crippen LogP contribution is -1.99. The Bertz CT molecular complexity index is 2320. The molecule has 8 aromatic carbocycles. The molecule has 0 aromatic heterocycles. The van der Waals surface area contributed by atoms with Crippen molar-refractivity contribution < 1.29 is 0 Å². The molecule has 0 nitrogen and oxygen atoms in total. The van der Waals surface area contributed by atoms with Crippen LogP contribution in [0.5, 0.6) is 0 Å². The van der Waals surface area contributed by atoms with Gasteiger partial charge in [-0.2, -0.15) is 0 Å². The summed E-state index contributed by atoms with van der Waals surface area (Å²) in [6.07, 6.45) is 0. The second-order valence-corrected chi connectivity index (χ2v) is 16.1. The fraction of sp³-hybridized carbons (Fsp3) is 0.231. The van der Waals surface area contributed by atoms with Crippen molar-refractivity contribution >= 4 is 32.3 Å². The van der Waals surface area contributed by atoms with Crippen molar-refractivity contribution in [1.29, 1.82) is 0 Å². The first kappa shape index (κ1) is 33.9. The molecule has 0 aliphatic heterocycles. The van der Waals surface area contributed by atoms with Crippen molar-refractivity contribution in [3.8, 4) is 44.5 Å². The molecule has 0 spiro atoms. The van der Waals surface area contributed by atoms with Crippen LogP contribution in [0.2, 0.25) is 0 Å². The molecular weight excluding hydrogens is 625 g/mol. The quantitative estimate of drug-likeness (QED) is 0.163. The lowest BCUT2D eigenvalue weighted by atomic mass is 9.78. The second kappa shape index (κ2) is 12.2. The molecule has 0 N–H and O–H groups in total. The number of rotatable bonds is 4. The smallest absolute Gasteiger partial charge is 0.00139 e. The fourth-order valence-corrected chi connectivity index (χ4v) is 10.2. The van der Waals surface area contributed by atoms with Crippen molar-refractivity contribution in [2.24, 2.45) is 0 Å². The average Bonchev–Trinajstić information content (AvgIpc) is 3.03. The number of hydrogen-bond acceptors (Lipinski definition) is 0. The van der Waals surface area contributed by atoms with E-state index < -0.39 is 0 Å². The van der Waals surface area contributed by atoms with Gasteiger partial charge in [-0.05, 0) is 217 Å². The van der Waals surface area contributed by atoms with Gasteiger partial charge in [0.05, 0.1) is 0 Å². The van der Waals surface area contributed by atoms with Crippen LogP contribution in [0.25, 0.3) is 76.8 Å². The van der Waals surface area contributed by atoms with Crippen LogP contribution in [-0.4, -0.2) is 0 Å². The molecule has 0 heterocycles. The number of aryl methyl sites for hydroxylation is 12. The third-order valence-corrected chi connectivity index (χ3v) is 11.7.